The van der Waals surface area contributed by atoms with Crippen molar-refractivity contribution in [3.8, 4) is 0 Å². The normalized spacial score (nSPS) is 13.4. The van der Waals surface area contributed by atoms with E-state index in [0.29, 0.717) is 0 Å². The van der Waals surface area contributed by atoms with E-state index in [2.05, 4.69) is 9.46 Å². The predicted molar refractivity (Wildman–Crippen MR) is 93.1 cm³/mol. The zero-order valence-corrected chi connectivity index (χ0v) is 15.3. The van der Waals surface area contributed by atoms with E-state index in [1.165, 1.54) is 13.8 Å². The van der Waals surface area contributed by atoms with Crippen LogP contribution >= 0.6 is 0 Å². The number of anilines is 1. The molecule has 0 heterocycles. The summed E-state index contributed by atoms with van der Waals surface area (Å²) < 4.78 is 37.0. The Morgan fingerprint density at radius 3 is 2.28 bits per heavy atom. The number of benzene rings is 1. The number of nitrogens with one attached hydrogen (secondary N) is 2. The van der Waals surface area contributed by atoms with Crippen LogP contribution in [-0.2, 0) is 29.1 Å². The molecule has 8 nitrogen and oxygen atoms in total. The molecule has 1 aromatic rings. The fourth-order valence-electron chi connectivity index (χ4n) is 2.06. The molecule has 0 aliphatic rings. The summed E-state index contributed by atoms with van der Waals surface area (Å²) in [6, 6.07) is 6.52. The van der Waals surface area contributed by atoms with Gasteiger partial charge in [0.15, 0.2) is 0 Å². The SMILES string of the molecule is COC(=O)[C@H]([C@@H](C)OC(=O)CC(C)=N)S(=O)(=O)Nc1ccc(C)cc1. The Morgan fingerprint density at radius 2 is 1.80 bits per heavy atom. The summed E-state index contributed by atoms with van der Waals surface area (Å²) in [5.41, 5.74) is 1.28. The predicted octanol–water partition coefficient (Wildman–Crippen LogP) is 1.64. The second-order valence-corrected chi connectivity index (χ2v) is 7.41. The Kier molecular flexibility index (Phi) is 7.10. The van der Waals surface area contributed by atoms with E-state index in [-0.39, 0.29) is 17.8 Å². The van der Waals surface area contributed by atoms with Gasteiger partial charge in [-0.2, -0.15) is 0 Å². The van der Waals surface area contributed by atoms with E-state index >= 15 is 0 Å². The number of esters is 2. The van der Waals surface area contributed by atoms with Crippen LogP contribution in [0.15, 0.2) is 24.3 Å². The van der Waals surface area contributed by atoms with Gasteiger partial charge < -0.3 is 14.9 Å². The quantitative estimate of drug-likeness (QED) is 0.530. The van der Waals surface area contributed by atoms with Crippen LogP contribution in [0.4, 0.5) is 5.69 Å². The third-order valence-electron chi connectivity index (χ3n) is 3.23. The van der Waals surface area contributed by atoms with E-state index < -0.39 is 33.3 Å². The minimum Gasteiger partial charge on any atom is -0.468 e. The molecule has 0 aliphatic heterocycles. The van der Waals surface area contributed by atoms with Gasteiger partial charge in [0.05, 0.1) is 13.5 Å². The van der Waals surface area contributed by atoms with Gasteiger partial charge in [0.2, 0.25) is 15.3 Å². The number of carbonyl (C=O) groups excluding carboxylic acids is 2. The number of sulfonamides is 1. The first kappa shape index (κ1) is 20.6. The van der Waals surface area contributed by atoms with Crippen molar-refractivity contribution in [2.24, 2.45) is 0 Å². The maximum absolute atomic E-state index is 12.6. The van der Waals surface area contributed by atoms with Gasteiger partial charge in [0, 0.05) is 11.4 Å². The van der Waals surface area contributed by atoms with Crippen LogP contribution in [0.25, 0.3) is 0 Å². The van der Waals surface area contributed by atoms with Crippen molar-refractivity contribution in [3.05, 3.63) is 29.8 Å². The number of methoxy groups -OCH3 is 1. The molecule has 0 saturated heterocycles. The molecule has 0 unspecified atom stereocenters. The Bertz CT molecular complexity index is 742. The lowest BCUT2D eigenvalue weighted by molar-refractivity contribution is -0.151. The van der Waals surface area contributed by atoms with Crippen LogP contribution in [0, 0.1) is 12.3 Å². The molecule has 0 radical (unpaired) electrons. The molecule has 2 N–H and O–H groups in total. The maximum Gasteiger partial charge on any atom is 0.329 e. The molecule has 25 heavy (non-hydrogen) atoms. The molecule has 1 aromatic carbocycles. The van der Waals surface area contributed by atoms with Crippen LogP contribution in [0.3, 0.4) is 0 Å². The highest BCUT2D eigenvalue weighted by molar-refractivity contribution is 7.94. The molecule has 0 spiro atoms. The summed E-state index contributed by atoms with van der Waals surface area (Å²) in [4.78, 5) is 23.6. The van der Waals surface area contributed by atoms with Gasteiger partial charge in [-0.15, -0.1) is 0 Å². The van der Waals surface area contributed by atoms with Crippen LogP contribution in [0.1, 0.15) is 25.8 Å². The molecular weight excluding hydrogens is 348 g/mol. The van der Waals surface area contributed by atoms with Crippen molar-refractivity contribution in [1.29, 1.82) is 5.41 Å². The monoisotopic (exact) mass is 370 g/mol. The average Bonchev–Trinajstić information content (AvgIpc) is 2.47. The first-order chi connectivity index (χ1) is 11.6. The molecular formula is C16H22N2O6S. The van der Waals surface area contributed by atoms with E-state index in [1.54, 1.807) is 24.3 Å². The Balaban J connectivity index is 3.03. The number of rotatable bonds is 8. The fraction of sp³-hybridized carbons (Fsp3) is 0.438. The zero-order valence-electron chi connectivity index (χ0n) is 14.5. The molecule has 9 heteroatoms. The van der Waals surface area contributed by atoms with Crippen LogP contribution in [-0.4, -0.2) is 44.5 Å². The summed E-state index contributed by atoms with van der Waals surface area (Å²) in [5.74, 6) is -1.84. The van der Waals surface area contributed by atoms with Gasteiger partial charge in [-0.05, 0) is 32.9 Å². The lowest BCUT2D eigenvalue weighted by atomic mass is 10.2. The molecule has 0 bridgehead atoms. The van der Waals surface area contributed by atoms with E-state index in [0.717, 1.165) is 12.7 Å². The highest BCUT2D eigenvalue weighted by Gasteiger charge is 2.41. The summed E-state index contributed by atoms with van der Waals surface area (Å²) in [5, 5.41) is 5.52. The van der Waals surface area contributed by atoms with Crippen LogP contribution < -0.4 is 4.72 Å². The highest BCUT2D eigenvalue weighted by atomic mass is 32.2. The van der Waals surface area contributed by atoms with Crippen molar-refractivity contribution in [1.82, 2.24) is 0 Å². The van der Waals surface area contributed by atoms with Gasteiger partial charge in [-0.1, -0.05) is 17.7 Å². The van der Waals surface area contributed by atoms with Crippen molar-refractivity contribution in [2.75, 3.05) is 11.8 Å². The van der Waals surface area contributed by atoms with E-state index in [9.17, 15) is 18.0 Å². The average molecular weight is 370 g/mol. The molecule has 0 aromatic heterocycles. The maximum atomic E-state index is 12.6. The Labute approximate surface area is 147 Å². The van der Waals surface area contributed by atoms with Crippen molar-refractivity contribution in [3.63, 3.8) is 0 Å². The molecule has 0 saturated carbocycles. The number of hydrogen-bond donors (Lipinski definition) is 2. The van der Waals surface area contributed by atoms with Gasteiger partial charge >= 0.3 is 11.9 Å². The van der Waals surface area contributed by atoms with E-state index in [4.69, 9.17) is 10.1 Å². The standard InChI is InChI=1S/C16H22N2O6S/c1-10-5-7-13(8-6-10)18-25(21,22)15(16(20)23-4)12(3)24-14(19)9-11(2)17/h5-8,12,15,17-18H,9H2,1-4H3/t12-,15+/m1/s1. The van der Waals surface area contributed by atoms with Gasteiger partial charge in [0.1, 0.15) is 6.10 Å². The van der Waals surface area contributed by atoms with E-state index in [1.807, 2.05) is 6.92 Å². The van der Waals surface area contributed by atoms with Crippen molar-refractivity contribution < 1.29 is 27.5 Å². The van der Waals surface area contributed by atoms with Crippen molar-refractivity contribution in [2.45, 2.75) is 38.5 Å². The Hall–Kier alpha value is -2.42. The first-order valence-corrected chi connectivity index (χ1v) is 9.01. The molecule has 2 atom stereocenters. The lowest BCUT2D eigenvalue weighted by Crippen LogP contribution is -2.45. The minimum absolute atomic E-state index is 0.0625. The largest absolute Gasteiger partial charge is 0.468 e. The zero-order chi connectivity index (χ0) is 19.2. The lowest BCUT2D eigenvalue weighted by Gasteiger charge is -2.22. The number of hydrogen-bond acceptors (Lipinski definition) is 7. The van der Waals surface area contributed by atoms with Crippen molar-refractivity contribution >= 4 is 33.4 Å². The van der Waals surface area contributed by atoms with Gasteiger partial charge in [-0.3, -0.25) is 14.3 Å². The third kappa shape index (κ3) is 6.18. The number of carbonyl (C=O) groups is 2. The number of ether oxygens (including phenoxy) is 2. The summed E-state index contributed by atoms with van der Waals surface area (Å²) in [6.45, 7) is 4.55. The van der Waals surface area contributed by atoms with Gasteiger partial charge in [-0.25, -0.2) is 8.42 Å². The van der Waals surface area contributed by atoms with Crippen LogP contribution in [0.5, 0.6) is 0 Å². The van der Waals surface area contributed by atoms with Gasteiger partial charge in [0.25, 0.3) is 0 Å². The fourth-order valence-corrected chi connectivity index (χ4v) is 3.56. The highest BCUT2D eigenvalue weighted by Crippen LogP contribution is 2.18. The topological polar surface area (TPSA) is 123 Å². The molecule has 0 amide bonds. The van der Waals surface area contributed by atoms with Crippen LogP contribution in [0.2, 0.25) is 0 Å². The Morgan fingerprint density at radius 1 is 1.24 bits per heavy atom. The second-order valence-electron chi connectivity index (χ2n) is 5.61. The smallest absolute Gasteiger partial charge is 0.329 e. The summed E-state index contributed by atoms with van der Waals surface area (Å²) in [7, 11) is -3.18. The first-order valence-electron chi connectivity index (χ1n) is 7.46. The molecule has 1 rings (SSSR count). The molecule has 138 valence electrons. The minimum atomic E-state index is -4.23. The number of aryl methyl sites for hydroxylation is 1. The molecule has 0 aliphatic carbocycles. The molecule has 0 fully saturated rings. The third-order valence-corrected chi connectivity index (χ3v) is 5.00. The second kappa shape index (κ2) is 8.61. The summed E-state index contributed by atoms with van der Waals surface area (Å²) in [6.07, 6.45) is -1.58. The summed E-state index contributed by atoms with van der Waals surface area (Å²) >= 11 is 0.